The van der Waals surface area contributed by atoms with E-state index in [0.717, 1.165) is 0 Å². The molecule has 0 bridgehead atoms. The van der Waals surface area contributed by atoms with Crippen molar-refractivity contribution in [3.05, 3.63) is 30.3 Å². The van der Waals surface area contributed by atoms with Crippen LogP contribution in [-0.4, -0.2) is 26.6 Å². The Balaban J connectivity index is 2.46. The van der Waals surface area contributed by atoms with Crippen LogP contribution in [0.4, 0.5) is 5.69 Å². The van der Waals surface area contributed by atoms with Crippen molar-refractivity contribution in [1.82, 2.24) is 5.32 Å². The first-order chi connectivity index (χ1) is 9.62. The van der Waals surface area contributed by atoms with Gasteiger partial charge >= 0.3 is 0 Å². The average molecular weight is 312 g/mol. The van der Waals surface area contributed by atoms with Crippen LogP contribution in [0.5, 0.6) is 0 Å². The lowest BCUT2D eigenvalue weighted by atomic mass is 9.81. The second-order valence-electron chi connectivity index (χ2n) is 6.17. The van der Waals surface area contributed by atoms with Crippen LogP contribution in [0.2, 0.25) is 0 Å². The summed E-state index contributed by atoms with van der Waals surface area (Å²) in [6, 6.07) is 8.68. The standard InChI is InChI=1S/C15H24N2O3S/c1-12(15(2,3)4)14(18)16-10-11-21(19,20)17-13-8-6-5-7-9-13/h5-9,12,17H,10-11H2,1-4H3,(H,16,18)/t12-/m0/s1. The third-order valence-corrected chi connectivity index (χ3v) is 4.70. The van der Waals surface area contributed by atoms with E-state index >= 15 is 0 Å². The molecule has 0 unspecified atom stereocenters. The summed E-state index contributed by atoms with van der Waals surface area (Å²) in [5, 5.41) is 2.67. The molecule has 0 spiro atoms. The van der Waals surface area contributed by atoms with Crippen LogP contribution in [0.3, 0.4) is 0 Å². The molecule has 0 fully saturated rings. The van der Waals surface area contributed by atoms with Crippen molar-refractivity contribution >= 4 is 21.6 Å². The number of anilines is 1. The highest BCUT2D eigenvalue weighted by molar-refractivity contribution is 7.92. The lowest BCUT2D eigenvalue weighted by Crippen LogP contribution is -2.38. The lowest BCUT2D eigenvalue weighted by molar-refractivity contribution is -0.127. The van der Waals surface area contributed by atoms with E-state index in [0.29, 0.717) is 5.69 Å². The van der Waals surface area contributed by atoms with E-state index in [1.165, 1.54) is 0 Å². The Morgan fingerprint density at radius 3 is 2.29 bits per heavy atom. The molecule has 1 atom stereocenters. The predicted molar refractivity (Wildman–Crippen MR) is 85.5 cm³/mol. The molecule has 1 rings (SSSR count). The van der Waals surface area contributed by atoms with Gasteiger partial charge in [0.25, 0.3) is 0 Å². The summed E-state index contributed by atoms with van der Waals surface area (Å²) in [7, 11) is -3.46. The molecule has 0 saturated heterocycles. The SMILES string of the molecule is C[C@@H](C(=O)NCCS(=O)(=O)Nc1ccccc1)C(C)(C)C. The zero-order valence-corrected chi connectivity index (χ0v) is 13.8. The fraction of sp³-hybridized carbons (Fsp3) is 0.533. The molecule has 2 N–H and O–H groups in total. The molecular weight excluding hydrogens is 288 g/mol. The summed E-state index contributed by atoms with van der Waals surface area (Å²) < 4.78 is 26.2. The van der Waals surface area contributed by atoms with Gasteiger partial charge in [0.2, 0.25) is 15.9 Å². The highest BCUT2D eigenvalue weighted by Crippen LogP contribution is 2.25. The fourth-order valence-electron chi connectivity index (χ4n) is 1.59. The molecule has 0 aliphatic heterocycles. The number of carbonyl (C=O) groups excluding carboxylic acids is 1. The minimum atomic E-state index is -3.46. The molecular formula is C15H24N2O3S. The number of sulfonamides is 1. The van der Waals surface area contributed by atoms with Gasteiger partial charge in [-0.15, -0.1) is 0 Å². The number of benzene rings is 1. The van der Waals surface area contributed by atoms with Crippen LogP contribution >= 0.6 is 0 Å². The number of nitrogens with one attached hydrogen (secondary N) is 2. The topological polar surface area (TPSA) is 75.3 Å². The minimum Gasteiger partial charge on any atom is -0.355 e. The second-order valence-corrected chi connectivity index (χ2v) is 8.01. The van der Waals surface area contributed by atoms with Gasteiger partial charge in [-0.25, -0.2) is 8.42 Å². The van der Waals surface area contributed by atoms with E-state index in [2.05, 4.69) is 10.0 Å². The van der Waals surface area contributed by atoms with Crippen molar-refractivity contribution in [3.63, 3.8) is 0 Å². The van der Waals surface area contributed by atoms with E-state index in [9.17, 15) is 13.2 Å². The van der Waals surface area contributed by atoms with Crippen molar-refractivity contribution in [2.24, 2.45) is 11.3 Å². The zero-order chi connectivity index (χ0) is 16.1. The van der Waals surface area contributed by atoms with Crippen LogP contribution in [0.1, 0.15) is 27.7 Å². The maximum Gasteiger partial charge on any atom is 0.234 e. The Hall–Kier alpha value is -1.56. The molecule has 6 heteroatoms. The van der Waals surface area contributed by atoms with Crippen molar-refractivity contribution in [2.45, 2.75) is 27.7 Å². The maximum absolute atomic E-state index is 11.9. The zero-order valence-electron chi connectivity index (χ0n) is 13.0. The van der Waals surface area contributed by atoms with Gasteiger partial charge in [0, 0.05) is 18.2 Å². The number of rotatable bonds is 6. The first kappa shape index (κ1) is 17.5. The van der Waals surface area contributed by atoms with E-state index in [1.54, 1.807) is 24.3 Å². The monoisotopic (exact) mass is 312 g/mol. The Morgan fingerprint density at radius 1 is 1.19 bits per heavy atom. The van der Waals surface area contributed by atoms with Crippen LogP contribution in [0, 0.1) is 11.3 Å². The molecule has 0 heterocycles. The van der Waals surface area contributed by atoms with Crippen molar-refractivity contribution in [3.8, 4) is 0 Å². The summed E-state index contributed by atoms with van der Waals surface area (Å²) in [6.45, 7) is 7.87. The lowest BCUT2D eigenvalue weighted by Gasteiger charge is -2.26. The van der Waals surface area contributed by atoms with Crippen molar-refractivity contribution < 1.29 is 13.2 Å². The normalized spacial score (nSPS) is 13.5. The number of para-hydroxylation sites is 1. The Kier molecular flexibility index (Phi) is 5.78. The molecule has 21 heavy (non-hydrogen) atoms. The average Bonchev–Trinajstić information content (AvgIpc) is 2.37. The van der Waals surface area contributed by atoms with E-state index in [-0.39, 0.29) is 29.5 Å². The summed E-state index contributed by atoms with van der Waals surface area (Å²) in [5.41, 5.74) is 0.373. The Bertz CT molecular complexity index is 562. The molecule has 0 aromatic heterocycles. The van der Waals surface area contributed by atoms with Crippen LogP contribution in [0.15, 0.2) is 30.3 Å². The van der Waals surface area contributed by atoms with Gasteiger partial charge < -0.3 is 5.32 Å². The van der Waals surface area contributed by atoms with Crippen LogP contribution in [0.25, 0.3) is 0 Å². The smallest absolute Gasteiger partial charge is 0.234 e. The summed E-state index contributed by atoms with van der Waals surface area (Å²) in [5.74, 6) is -0.454. The molecule has 0 radical (unpaired) electrons. The number of hydrogen-bond donors (Lipinski definition) is 2. The quantitative estimate of drug-likeness (QED) is 0.846. The first-order valence-corrected chi connectivity index (χ1v) is 8.60. The number of carbonyl (C=O) groups is 1. The van der Waals surface area contributed by atoms with E-state index in [1.807, 2.05) is 33.8 Å². The van der Waals surface area contributed by atoms with Gasteiger partial charge in [-0.3, -0.25) is 9.52 Å². The fourth-order valence-corrected chi connectivity index (χ4v) is 2.56. The highest BCUT2D eigenvalue weighted by atomic mass is 32.2. The largest absolute Gasteiger partial charge is 0.355 e. The van der Waals surface area contributed by atoms with Gasteiger partial charge in [0.05, 0.1) is 5.75 Å². The van der Waals surface area contributed by atoms with Gasteiger partial charge in [-0.2, -0.15) is 0 Å². The van der Waals surface area contributed by atoms with Gasteiger partial charge in [0.1, 0.15) is 0 Å². The van der Waals surface area contributed by atoms with Gasteiger partial charge in [-0.05, 0) is 17.5 Å². The van der Waals surface area contributed by atoms with E-state index < -0.39 is 10.0 Å². The summed E-state index contributed by atoms with van der Waals surface area (Å²) >= 11 is 0. The maximum atomic E-state index is 11.9. The molecule has 1 aromatic carbocycles. The highest BCUT2D eigenvalue weighted by Gasteiger charge is 2.26. The minimum absolute atomic E-state index is 0.0986. The van der Waals surface area contributed by atoms with Gasteiger partial charge in [0.15, 0.2) is 0 Å². The third kappa shape index (κ3) is 6.16. The van der Waals surface area contributed by atoms with Crippen molar-refractivity contribution in [2.75, 3.05) is 17.0 Å². The Labute approximate surface area is 127 Å². The Morgan fingerprint density at radius 2 is 1.76 bits per heavy atom. The summed E-state index contributed by atoms with van der Waals surface area (Å²) in [4.78, 5) is 11.9. The van der Waals surface area contributed by atoms with Crippen molar-refractivity contribution in [1.29, 1.82) is 0 Å². The second kappa shape index (κ2) is 6.93. The van der Waals surface area contributed by atoms with E-state index in [4.69, 9.17) is 0 Å². The summed E-state index contributed by atoms with van der Waals surface area (Å²) in [6.07, 6.45) is 0. The number of amides is 1. The van der Waals surface area contributed by atoms with Gasteiger partial charge in [-0.1, -0.05) is 45.9 Å². The first-order valence-electron chi connectivity index (χ1n) is 6.95. The number of hydrogen-bond acceptors (Lipinski definition) is 3. The molecule has 1 aromatic rings. The molecule has 118 valence electrons. The third-order valence-electron chi connectivity index (χ3n) is 3.41. The molecule has 1 amide bonds. The molecule has 0 aliphatic carbocycles. The van der Waals surface area contributed by atoms with Crippen LogP contribution < -0.4 is 10.0 Å². The van der Waals surface area contributed by atoms with Crippen LogP contribution in [-0.2, 0) is 14.8 Å². The molecule has 0 saturated carbocycles. The predicted octanol–water partition coefficient (Wildman–Crippen LogP) is 2.23. The molecule has 0 aliphatic rings. The molecule has 5 nitrogen and oxygen atoms in total.